The van der Waals surface area contributed by atoms with Crippen molar-refractivity contribution in [3.05, 3.63) is 58.6 Å². The highest BCUT2D eigenvalue weighted by Gasteiger charge is 2.27. The van der Waals surface area contributed by atoms with Gasteiger partial charge in [0.2, 0.25) is 5.91 Å². The zero-order valence-corrected chi connectivity index (χ0v) is 17.5. The molecule has 7 heteroatoms. The van der Waals surface area contributed by atoms with Crippen LogP contribution in [0.15, 0.2) is 57.9 Å². The summed E-state index contributed by atoms with van der Waals surface area (Å²) in [5.74, 6) is -0.335. The third-order valence-electron chi connectivity index (χ3n) is 4.03. The normalized spacial score (nSPS) is 12.5. The molecule has 0 saturated carbocycles. The fourth-order valence-corrected chi connectivity index (χ4v) is 4.00. The lowest BCUT2D eigenvalue weighted by Gasteiger charge is -2.25. The van der Waals surface area contributed by atoms with E-state index in [2.05, 4.69) is 21.2 Å². The molecule has 0 aliphatic carbocycles. The number of benzene rings is 2. The van der Waals surface area contributed by atoms with E-state index < -0.39 is 10.0 Å². The van der Waals surface area contributed by atoms with Crippen molar-refractivity contribution in [1.29, 1.82) is 0 Å². The number of aryl methyl sites for hydroxylation is 1. The maximum atomic E-state index is 13.2. The van der Waals surface area contributed by atoms with E-state index in [0.29, 0.717) is 5.69 Å². The Bertz CT molecular complexity index is 849. The molecule has 0 aliphatic rings. The van der Waals surface area contributed by atoms with Gasteiger partial charge in [-0.15, -0.1) is 0 Å². The minimum Gasteiger partial charge on any atom is -0.352 e. The summed E-state index contributed by atoms with van der Waals surface area (Å²) >= 11 is 3.34. The first-order chi connectivity index (χ1) is 12.2. The van der Waals surface area contributed by atoms with Crippen molar-refractivity contribution in [3.8, 4) is 0 Å². The molecule has 1 N–H and O–H groups in total. The van der Waals surface area contributed by atoms with Crippen molar-refractivity contribution in [2.45, 2.75) is 38.1 Å². The number of carbonyl (C=O) groups is 1. The molecule has 0 spiro atoms. The van der Waals surface area contributed by atoms with Crippen LogP contribution in [0.2, 0.25) is 0 Å². The van der Waals surface area contributed by atoms with Gasteiger partial charge in [0.05, 0.1) is 10.6 Å². The number of nitrogens with one attached hydrogen (secondary N) is 1. The van der Waals surface area contributed by atoms with Crippen molar-refractivity contribution in [1.82, 2.24) is 5.32 Å². The lowest BCUT2D eigenvalue weighted by atomic mass is 10.2. The van der Waals surface area contributed by atoms with E-state index in [4.69, 9.17) is 0 Å². The Morgan fingerprint density at radius 2 is 1.69 bits per heavy atom. The van der Waals surface area contributed by atoms with Gasteiger partial charge in [-0.2, -0.15) is 0 Å². The number of amides is 1. The minimum atomic E-state index is -3.86. The number of sulfonamides is 1. The summed E-state index contributed by atoms with van der Waals surface area (Å²) in [5, 5.41) is 2.82. The van der Waals surface area contributed by atoms with Gasteiger partial charge in [0, 0.05) is 10.5 Å². The van der Waals surface area contributed by atoms with E-state index in [0.717, 1.165) is 20.8 Å². The second kappa shape index (κ2) is 8.68. The third-order valence-corrected chi connectivity index (χ3v) is 6.35. The summed E-state index contributed by atoms with van der Waals surface area (Å²) in [6, 6.07) is 13.4. The molecular formula is C19H23BrN2O3S. The van der Waals surface area contributed by atoms with Crippen LogP contribution in [0.5, 0.6) is 0 Å². The highest BCUT2D eigenvalue weighted by Crippen LogP contribution is 2.25. The van der Waals surface area contributed by atoms with E-state index in [1.165, 1.54) is 0 Å². The van der Waals surface area contributed by atoms with Crippen molar-refractivity contribution >= 4 is 37.5 Å². The molecule has 26 heavy (non-hydrogen) atoms. The van der Waals surface area contributed by atoms with E-state index in [1.807, 2.05) is 20.8 Å². The quantitative estimate of drug-likeness (QED) is 0.713. The Kier molecular flexibility index (Phi) is 6.83. The largest absolute Gasteiger partial charge is 0.352 e. The third kappa shape index (κ3) is 5.08. The smallest absolute Gasteiger partial charge is 0.264 e. The molecule has 2 aromatic rings. The molecule has 1 atom stereocenters. The molecule has 0 aliphatic heterocycles. The number of rotatable bonds is 7. The van der Waals surface area contributed by atoms with Crippen LogP contribution in [-0.2, 0) is 14.8 Å². The molecule has 0 aromatic heterocycles. The standard InChI is InChI=1S/C19H23BrN2O3S/c1-4-15(3)21-19(23)13-22(17-9-7-16(20)8-10-17)26(24,25)18-11-5-14(2)6-12-18/h5-12,15H,4,13H2,1-3H3,(H,21,23). The molecule has 0 saturated heterocycles. The Hall–Kier alpha value is -1.86. The number of hydrogen-bond acceptors (Lipinski definition) is 3. The SMILES string of the molecule is CCC(C)NC(=O)CN(c1ccc(Br)cc1)S(=O)(=O)c1ccc(C)cc1. The minimum absolute atomic E-state index is 0.0173. The average molecular weight is 439 g/mol. The van der Waals surface area contributed by atoms with E-state index >= 15 is 0 Å². The van der Waals surface area contributed by atoms with Crippen molar-refractivity contribution in [2.75, 3.05) is 10.8 Å². The van der Waals surface area contributed by atoms with Gasteiger partial charge in [-0.1, -0.05) is 40.5 Å². The molecule has 2 aromatic carbocycles. The Balaban J connectivity index is 2.40. The van der Waals surface area contributed by atoms with Gasteiger partial charge in [-0.3, -0.25) is 9.10 Å². The van der Waals surface area contributed by atoms with Gasteiger partial charge < -0.3 is 5.32 Å². The Morgan fingerprint density at radius 3 is 2.23 bits per heavy atom. The number of carbonyl (C=O) groups excluding carboxylic acids is 1. The Morgan fingerprint density at radius 1 is 1.12 bits per heavy atom. The van der Waals surface area contributed by atoms with Crippen LogP contribution >= 0.6 is 15.9 Å². The zero-order valence-electron chi connectivity index (χ0n) is 15.1. The summed E-state index contributed by atoms with van der Waals surface area (Å²) in [6.45, 7) is 5.46. The molecule has 0 heterocycles. The molecule has 2 rings (SSSR count). The van der Waals surface area contributed by atoms with Crippen LogP contribution in [0, 0.1) is 6.92 Å². The lowest BCUT2D eigenvalue weighted by molar-refractivity contribution is -0.120. The molecule has 5 nitrogen and oxygen atoms in total. The predicted molar refractivity (Wildman–Crippen MR) is 108 cm³/mol. The zero-order chi connectivity index (χ0) is 19.3. The van der Waals surface area contributed by atoms with Crippen LogP contribution in [0.4, 0.5) is 5.69 Å². The summed E-state index contributed by atoms with van der Waals surface area (Å²) in [4.78, 5) is 12.5. The summed E-state index contributed by atoms with van der Waals surface area (Å²) in [7, 11) is -3.86. The monoisotopic (exact) mass is 438 g/mol. The second-order valence-corrected chi connectivity index (χ2v) is 8.96. The molecule has 140 valence electrons. The van der Waals surface area contributed by atoms with E-state index in [1.54, 1.807) is 48.5 Å². The van der Waals surface area contributed by atoms with Crippen LogP contribution in [0.25, 0.3) is 0 Å². The van der Waals surface area contributed by atoms with Crippen LogP contribution < -0.4 is 9.62 Å². The van der Waals surface area contributed by atoms with Crippen molar-refractivity contribution in [3.63, 3.8) is 0 Å². The molecule has 1 unspecified atom stereocenters. The second-order valence-electron chi connectivity index (χ2n) is 6.18. The Labute approximate surface area is 163 Å². The van der Waals surface area contributed by atoms with Gasteiger partial charge in [0.15, 0.2) is 0 Å². The number of hydrogen-bond donors (Lipinski definition) is 1. The highest BCUT2D eigenvalue weighted by molar-refractivity contribution is 9.10. The number of anilines is 1. The van der Waals surface area contributed by atoms with Crippen molar-refractivity contribution < 1.29 is 13.2 Å². The molecule has 0 fully saturated rings. The fraction of sp³-hybridized carbons (Fsp3) is 0.316. The first-order valence-electron chi connectivity index (χ1n) is 8.38. The lowest BCUT2D eigenvalue weighted by Crippen LogP contribution is -2.43. The van der Waals surface area contributed by atoms with Gasteiger partial charge in [-0.05, 0) is 56.7 Å². The van der Waals surface area contributed by atoms with Gasteiger partial charge in [-0.25, -0.2) is 8.42 Å². The first kappa shape index (κ1) is 20.5. The van der Waals surface area contributed by atoms with E-state index in [9.17, 15) is 13.2 Å². The fourth-order valence-electron chi connectivity index (χ4n) is 2.31. The van der Waals surface area contributed by atoms with E-state index in [-0.39, 0.29) is 23.4 Å². The molecule has 0 radical (unpaired) electrons. The van der Waals surface area contributed by atoms with Crippen molar-refractivity contribution in [2.24, 2.45) is 0 Å². The van der Waals surface area contributed by atoms with Gasteiger partial charge in [0.1, 0.15) is 6.54 Å². The maximum Gasteiger partial charge on any atom is 0.264 e. The van der Waals surface area contributed by atoms with Crippen LogP contribution in [0.1, 0.15) is 25.8 Å². The summed E-state index contributed by atoms with van der Waals surface area (Å²) < 4.78 is 28.3. The summed E-state index contributed by atoms with van der Waals surface area (Å²) in [5.41, 5.74) is 1.40. The highest BCUT2D eigenvalue weighted by atomic mass is 79.9. The molecule has 0 bridgehead atoms. The average Bonchev–Trinajstić information content (AvgIpc) is 2.60. The van der Waals surface area contributed by atoms with Gasteiger partial charge >= 0.3 is 0 Å². The first-order valence-corrected chi connectivity index (χ1v) is 10.6. The number of halogens is 1. The summed E-state index contributed by atoms with van der Waals surface area (Å²) in [6.07, 6.45) is 0.773. The topological polar surface area (TPSA) is 66.5 Å². The number of nitrogens with zero attached hydrogens (tertiary/aromatic N) is 1. The van der Waals surface area contributed by atoms with Crippen LogP contribution in [-0.4, -0.2) is 26.9 Å². The maximum absolute atomic E-state index is 13.2. The predicted octanol–water partition coefficient (Wildman–Crippen LogP) is 3.87. The van der Waals surface area contributed by atoms with Crippen LogP contribution in [0.3, 0.4) is 0 Å². The molecule has 1 amide bonds. The molecular weight excluding hydrogens is 416 g/mol. The van der Waals surface area contributed by atoms with Gasteiger partial charge in [0.25, 0.3) is 10.0 Å².